The summed E-state index contributed by atoms with van der Waals surface area (Å²) in [5, 5.41) is 6.84. The number of alkyl halides is 2. The molecule has 9 heteroatoms. The first-order valence-corrected chi connectivity index (χ1v) is 9.46. The summed E-state index contributed by atoms with van der Waals surface area (Å²) in [6, 6.07) is 8.01. The number of carbonyl (C=O) groups excluding carboxylic acids is 1. The second-order valence-corrected chi connectivity index (χ2v) is 6.88. The van der Waals surface area contributed by atoms with E-state index in [1.54, 1.807) is 6.07 Å². The Kier molecular flexibility index (Phi) is 5.26. The van der Waals surface area contributed by atoms with E-state index in [1.165, 1.54) is 28.9 Å². The fraction of sp³-hybridized carbons (Fsp3) is 0.238. The second-order valence-electron chi connectivity index (χ2n) is 6.88. The van der Waals surface area contributed by atoms with Gasteiger partial charge in [0.25, 0.3) is 12.3 Å². The van der Waals surface area contributed by atoms with Gasteiger partial charge in [0.05, 0.1) is 6.20 Å². The molecule has 0 atom stereocenters. The van der Waals surface area contributed by atoms with Crippen LogP contribution in [-0.4, -0.2) is 25.4 Å². The number of nitrogens with zero attached hydrogens (tertiary/aromatic N) is 4. The van der Waals surface area contributed by atoms with Crippen molar-refractivity contribution in [1.82, 2.24) is 19.5 Å². The van der Waals surface area contributed by atoms with E-state index >= 15 is 0 Å². The number of imidazole rings is 1. The van der Waals surface area contributed by atoms with Crippen molar-refractivity contribution in [3.8, 4) is 11.4 Å². The average molecular weight is 411 g/mol. The number of benzene rings is 1. The van der Waals surface area contributed by atoms with Gasteiger partial charge < -0.3 is 9.84 Å². The van der Waals surface area contributed by atoms with E-state index in [0.717, 1.165) is 12.0 Å². The number of aromatic nitrogens is 4. The van der Waals surface area contributed by atoms with Crippen LogP contribution in [0.2, 0.25) is 0 Å². The molecule has 0 aliphatic rings. The number of aryl methyl sites for hydroxylation is 2. The third kappa shape index (κ3) is 3.78. The summed E-state index contributed by atoms with van der Waals surface area (Å²) in [6.07, 6.45) is 1.77. The van der Waals surface area contributed by atoms with Gasteiger partial charge in [0.2, 0.25) is 11.7 Å². The third-order valence-corrected chi connectivity index (χ3v) is 4.70. The molecule has 1 amide bonds. The van der Waals surface area contributed by atoms with Gasteiger partial charge in [-0.05, 0) is 37.1 Å². The lowest BCUT2D eigenvalue weighted by atomic mass is 10.1. The molecule has 0 spiro atoms. The number of amides is 1. The average Bonchev–Trinajstić information content (AvgIpc) is 3.36. The third-order valence-electron chi connectivity index (χ3n) is 4.70. The molecule has 0 saturated carbocycles. The predicted molar refractivity (Wildman–Crippen MR) is 107 cm³/mol. The van der Waals surface area contributed by atoms with Crippen LogP contribution in [0, 0.1) is 6.92 Å². The molecule has 154 valence electrons. The summed E-state index contributed by atoms with van der Waals surface area (Å²) in [4.78, 5) is 21.3. The van der Waals surface area contributed by atoms with Gasteiger partial charge in [0.15, 0.2) is 0 Å². The lowest BCUT2D eigenvalue weighted by molar-refractivity contribution is 0.102. The molecule has 0 bridgehead atoms. The SMILES string of the molecule is CCCc1nc(-c2ccc(C)c(NC(=O)c3cnc4cc(C(F)F)ccn34)c2)no1. The molecule has 0 radical (unpaired) electrons. The highest BCUT2D eigenvalue weighted by molar-refractivity contribution is 6.04. The summed E-state index contributed by atoms with van der Waals surface area (Å²) in [6.45, 7) is 3.89. The van der Waals surface area contributed by atoms with E-state index in [-0.39, 0.29) is 16.9 Å². The summed E-state index contributed by atoms with van der Waals surface area (Å²) in [7, 11) is 0. The lowest BCUT2D eigenvalue weighted by Crippen LogP contribution is -2.15. The first-order valence-electron chi connectivity index (χ1n) is 9.46. The van der Waals surface area contributed by atoms with Crippen LogP contribution in [-0.2, 0) is 6.42 Å². The quantitative estimate of drug-likeness (QED) is 0.491. The van der Waals surface area contributed by atoms with Crippen molar-refractivity contribution in [2.24, 2.45) is 0 Å². The van der Waals surface area contributed by atoms with Crippen LogP contribution >= 0.6 is 0 Å². The molecule has 3 aromatic heterocycles. The minimum Gasteiger partial charge on any atom is -0.339 e. The Bertz CT molecular complexity index is 1220. The molecular weight excluding hydrogens is 392 g/mol. The van der Waals surface area contributed by atoms with Crippen LogP contribution in [0.3, 0.4) is 0 Å². The van der Waals surface area contributed by atoms with Gasteiger partial charge in [0, 0.05) is 29.4 Å². The number of pyridine rings is 1. The van der Waals surface area contributed by atoms with E-state index in [9.17, 15) is 13.6 Å². The highest BCUT2D eigenvalue weighted by Crippen LogP contribution is 2.25. The monoisotopic (exact) mass is 411 g/mol. The second kappa shape index (κ2) is 8.02. The van der Waals surface area contributed by atoms with E-state index in [4.69, 9.17) is 4.52 Å². The number of carbonyl (C=O) groups is 1. The van der Waals surface area contributed by atoms with Gasteiger partial charge in [-0.15, -0.1) is 0 Å². The van der Waals surface area contributed by atoms with E-state index in [1.807, 2.05) is 26.0 Å². The molecule has 30 heavy (non-hydrogen) atoms. The van der Waals surface area contributed by atoms with Crippen molar-refractivity contribution in [1.29, 1.82) is 0 Å². The van der Waals surface area contributed by atoms with Gasteiger partial charge in [-0.2, -0.15) is 4.98 Å². The number of hydrogen-bond donors (Lipinski definition) is 1. The van der Waals surface area contributed by atoms with Crippen molar-refractivity contribution in [3.05, 3.63) is 65.4 Å². The molecule has 0 aliphatic carbocycles. The standard InChI is InChI=1S/C21H19F2N5O2/c1-3-4-18-26-20(27-30-18)14-6-5-12(2)15(9-14)25-21(29)16-11-24-17-10-13(19(22)23)7-8-28(16)17/h5-11,19H,3-4H2,1-2H3,(H,25,29). The Morgan fingerprint density at radius 1 is 1.27 bits per heavy atom. The fourth-order valence-corrected chi connectivity index (χ4v) is 3.07. The van der Waals surface area contributed by atoms with Crippen LogP contribution < -0.4 is 5.32 Å². The Labute approximate surface area is 170 Å². The Balaban J connectivity index is 1.60. The van der Waals surface area contributed by atoms with E-state index in [2.05, 4.69) is 20.4 Å². The molecule has 4 rings (SSSR count). The molecular formula is C21H19F2N5O2. The summed E-state index contributed by atoms with van der Waals surface area (Å²) < 4.78 is 32.5. The minimum absolute atomic E-state index is 0.147. The van der Waals surface area contributed by atoms with Gasteiger partial charge in [-0.3, -0.25) is 9.20 Å². The van der Waals surface area contributed by atoms with Crippen LogP contribution in [0.5, 0.6) is 0 Å². The van der Waals surface area contributed by atoms with Crippen molar-refractivity contribution in [2.75, 3.05) is 5.32 Å². The fourth-order valence-electron chi connectivity index (χ4n) is 3.07. The van der Waals surface area contributed by atoms with E-state index in [0.29, 0.717) is 29.4 Å². The number of anilines is 1. The number of rotatable bonds is 6. The Hall–Kier alpha value is -3.62. The van der Waals surface area contributed by atoms with Crippen molar-refractivity contribution >= 4 is 17.2 Å². The zero-order chi connectivity index (χ0) is 21.3. The predicted octanol–water partition coefficient (Wildman–Crippen LogP) is 4.84. The molecule has 1 aromatic carbocycles. The Morgan fingerprint density at radius 3 is 2.87 bits per heavy atom. The maximum Gasteiger partial charge on any atom is 0.274 e. The minimum atomic E-state index is -2.60. The van der Waals surface area contributed by atoms with Crippen LogP contribution in [0.25, 0.3) is 17.0 Å². The normalized spacial score (nSPS) is 11.4. The van der Waals surface area contributed by atoms with Gasteiger partial charge in [-0.25, -0.2) is 13.8 Å². The number of fused-ring (bicyclic) bond motifs is 1. The summed E-state index contributed by atoms with van der Waals surface area (Å²) in [5.74, 6) is 0.600. The summed E-state index contributed by atoms with van der Waals surface area (Å²) >= 11 is 0. The highest BCUT2D eigenvalue weighted by atomic mass is 19.3. The van der Waals surface area contributed by atoms with Crippen LogP contribution in [0.4, 0.5) is 14.5 Å². The molecule has 4 aromatic rings. The molecule has 0 saturated heterocycles. The topological polar surface area (TPSA) is 85.3 Å². The first kappa shape index (κ1) is 19.7. The van der Waals surface area contributed by atoms with E-state index < -0.39 is 12.3 Å². The molecule has 1 N–H and O–H groups in total. The maximum atomic E-state index is 12.9. The zero-order valence-corrected chi connectivity index (χ0v) is 16.4. The molecule has 0 unspecified atom stereocenters. The van der Waals surface area contributed by atoms with Gasteiger partial charge in [0.1, 0.15) is 11.3 Å². The number of hydrogen-bond acceptors (Lipinski definition) is 5. The van der Waals surface area contributed by atoms with Crippen LogP contribution in [0.15, 0.2) is 47.2 Å². The smallest absolute Gasteiger partial charge is 0.274 e. The number of nitrogens with one attached hydrogen (secondary N) is 1. The van der Waals surface area contributed by atoms with Gasteiger partial charge >= 0.3 is 0 Å². The number of halogens is 2. The first-order chi connectivity index (χ1) is 14.5. The zero-order valence-electron chi connectivity index (χ0n) is 16.4. The lowest BCUT2D eigenvalue weighted by Gasteiger charge is -2.10. The van der Waals surface area contributed by atoms with Crippen molar-refractivity contribution < 1.29 is 18.1 Å². The van der Waals surface area contributed by atoms with Gasteiger partial charge in [-0.1, -0.05) is 24.2 Å². The molecule has 0 aliphatic heterocycles. The highest BCUT2D eigenvalue weighted by Gasteiger charge is 2.17. The van der Waals surface area contributed by atoms with Crippen molar-refractivity contribution in [2.45, 2.75) is 33.1 Å². The largest absolute Gasteiger partial charge is 0.339 e. The molecule has 0 fully saturated rings. The molecule has 7 nitrogen and oxygen atoms in total. The van der Waals surface area contributed by atoms with Crippen molar-refractivity contribution in [3.63, 3.8) is 0 Å². The maximum absolute atomic E-state index is 12.9. The van der Waals surface area contributed by atoms with Crippen LogP contribution in [0.1, 0.15) is 47.3 Å². The summed E-state index contributed by atoms with van der Waals surface area (Å²) in [5.41, 5.74) is 2.50. The molecule has 3 heterocycles. The Morgan fingerprint density at radius 2 is 2.10 bits per heavy atom.